The van der Waals surface area contributed by atoms with Crippen LogP contribution in [0.25, 0.3) is 0 Å². The minimum absolute atomic E-state index is 0.0360. The molecule has 2 heterocycles. The number of piperidine rings is 1. The molecule has 1 spiro atoms. The van der Waals surface area contributed by atoms with Crippen molar-refractivity contribution in [1.29, 1.82) is 0 Å². The van der Waals surface area contributed by atoms with Gasteiger partial charge in [-0.1, -0.05) is 12.1 Å². The van der Waals surface area contributed by atoms with Crippen molar-refractivity contribution in [3.63, 3.8) is 0 Å². The van der Waals surface area contributed by atoms with Crippen molar-refractivity contribution >= 4 is 21.6 Å². The quantitative estimate of drug-likeness (QED) is 0.797. The van der Waals surface area contributed by atoms with Gasteiger partial charge in [-0.2, -0.15) is 4.31 Å². The number of aliphatic imine (C=N–C) groups is 1. The van der Waals surface area contributed by atoms with E-state index in [9.17, 15) is 22.0 Å². The van der Waals surface area contributed by atoms with Crippen LogP contribution < -0.4 is 10.1 Å². The maximum absolute atomic E-state index is 14.0. The van der Waals surface area contributed by atoms with E-state index in [0.29, 0.717) is 17.4 Å². The number of nitrogens with one attached hydrogen (secondary N) is 1. The highest BCUT2D eigenvalue weighted by atomic mass is 32.2. The molecular formula is C20H19F2N3O4S. The first-order valence-corrected chi connectivity index (χ1v) is 10.7. The number of amides is 1. The predicted octanol–water partition coefficient (Wildman–Crippen LogP) is 2.07. The summed E-state index contributed by atoms with van der Waals surface area (Å²) in [6, 6.07) is 9.32. The van der Waals surface area contributed by atoms with Gasteiger partial charge in [0.05, 0.1) is 7.11 Å². The highest BCUT2D eigenvalue weighted by Crippen LogP contribution is 2.32. The molecular weight excluding hydrogens is 416 g/mol. The lowest BCUT2D eigenvalue weighted by molar-refractivity contribution is -0.115. The molecule has 0 saturated carbocycles. The van der Waals surface area contributed by atoms with Gasteiger partial charge in [-0.05, 0) is 24.3 Å². The van der Waals surface area contributed by atoms with Crippen molar-refractivity contribution in [3.8, 4) is 5.75 Å². The van der Waals surface area contributed by atoms with Gasteiger partial charge >= 0.3 is 0 Å². The molecule has 158 valence electrons. The largest absolute Gasteiger partial charge is 0.497 e. The molecule has 1 fully saturated rings. The van der Waals surface area contributed by atoms with Crippen molar-refractivity contribution in [2.45, 2.75) is 23.4 Å². The molecule has 4 rings (SSSR count). The van der Waals surface area contributed by atoms with E-state index < -0.39 is 32.2 Å². The maximum Gasteiger partial charge on any atom is 0.272 e. The first-order chi connectivity index (χ1) is 14.2. The van der Waals surface area contributed by atoms with Gasteiger partial charge in [0.2, 0.25) is 10.0 Å². The standard InChI is InChI=1S/C20H19F2N3O4S/c1-29-15-4-2-3-13(11-15)18-19(26)24-20(23-18)7-9-25(10-8-20)30(27,28)17-6-5-14(21)12-16(17)22/h2-6,11-12H,7-10H2,1H3,(H,24,26). The first kappa shape index (κ1) is 20.4. The average molecular weight is 435 g/mol. The van der Waals surface area contributed by atoms with Gasteiger partial charge in [-0.25, -0.2) is 17.2 Å². The molecule has 0 unspecified atom stereocenters. The number of benzene rings is 2. The van der Waals surface area contributed by atoms with E-state index in [1.54, 1.807) is 24.3 Å². The second kappa shape index (κ2) is 7.44. The van der Waals surface area contributed by atoms with Crippen LogP contribution in [0.1, 0.15) is 18.4 Å². The first-order valence-electron chi connectivity index (χ1n) is 9.26. The summed E-state index contributed by atoms with van der Waals surface area (Å²) in [6.45, 7) is 0.0721. The average Bonchev–Trinajstić information content (AvgIpc) is 3.03. The molecule has 1 amide bonds. The number of halogens is 2. The van der Waals surface area contributed by atoms with Gasteiger partial charge in [-0.15, -0.1) is 0 Å². The Balaban J connectivity index is 1.55. The zero-order valence-electron chi connectivity index (χ0n) is 16.1. The lowest BCUT2D eigenvalue weighted by atomic mass is 10.00. The number of sulfonamides is 1. The third-order valence-corrected chi connectivity index (χ3v) is 7.22. The van der Waals surface area contributed by atoms with Crippen LogP contribution in [0.2, 0.25) is 0 Å². The molecule has 10 heteroatoms. The summed E-state index contributed by atoms with van der Waals surface area (Å²) in [4.78, 5) is 16.5. The third-order valence-electron chi connectivity index (χ3n) is 5.29. The van der Waals surface area contributed by atoms with E-state index in [-0.39, 0.29) is 37.6 Å². The number of hydrogen-bond donors (Lipinski definition) is 1. The van der Waals surface area contributed by atoms with Gasteiger partial charge < -0.3 is 10.1 Å². The number of nitrogens with zero attached hydrogens (tertiary/aromatic N) is 2. The Morgan fingerprint density at radius 1 is 1.13 bits per heavy atom. The Morgan fingerprint density at radius 2 is 1.87 bits per heavy atom. The van der Waals surface area contributed by atoms with Gasteiger partial charge in [0.15, 0.2) is 0 Å². The third kappa shape index (κ3) is 3.56. The lowest BCUT2D eigenvalue weighted by Gasteiger charge is -2.36. The van der Waals surface area contributed by atoms with Crippen LogP contribution in [0, 0.1) is 11.6 Å². The van der Waals surface area contributed by atoms with Crippen LogP contribution in [0.4, 0.5) is 8.78 Å². The number of ether oxygens (including phenoxy) is 1. The SMILES string of the molecule is COc1cccc(C2=NC3(CCN(S(=O)(=O)c4ccc(F)cc4F)CC3)NC2=O)c1. The van der Waals surface area contributed by atoms with Crippen molar-refractivity contribution in [2.24, 2.45) is 4.99 Å². The normalized spacial score (nSPS) is 18.9. The minimum Gasteiger partial charge on any atom is -0.497 e. The molecule has 1 saturated heterocycles. The van der Waals surface area contributed by atoms with Crippen molar-refractivity contribution in [2.75, 3.05) is 20.2 Å². The zero-order valence-corrected chi connectivity index (χ0v) is 16.9. The van der Waals surface area contributed by atoms with Crippen LogP contribution in [0.15, 0.2) is 52.4 Å². The zero-order chi connectivity index (χ0) is 21.5. The van der Waals surface area contributed by atoms with Crippen molar-refractivity contribution < 1.29 is 26.7 Å². The van der Waals surface area contributed by atoms with E-state index >= 15 is 0 Å². The van der Waals surface area contributed by atoms with Crippen molar-refractivity contribution in [3.05, 3.63) is 59.7 Å². The number of methoxy groups -OCH3 is 1. The fourth-order valence-corrected chi connectivity index (χ4v) is 5.17. The molecule has 0 radical (unpaired) electrons. The van der Waals surface area contributed by atoms with Gasteiger partial charge in [0.1, 0.15) is 33.7 Å². The Bertz CT molecular complexity index is 1140. The Labute approximate surface area is 172 Å². The monoisotopic (exact) mass is 435 g/mol. The van der Waals surface area contributed by atoms with Crippen LogP contribution in [-0.2, 0) is 14.8 Å². The molecule has 0 aliphatic carbocycles. The topological polar surface area (TPSA) is 88.1 Å². The Hall–Kier alpha value is -2.85. The smallest absolute Gasteiger partial charge is 0.272 e. The number of carbonyl (C=O) groups excluding carboxylic acids is 1. The van der Waals surface area contributed by atoms with E-state index in [1.807, 2.05) is 0 Å². The van der Waals surface area contributed by atoms with Crippen LogP contribution in [-0.4, -0.2) is 50.2 Å². The van der Waals surface area contributed by atoms with E-state index in [0.717, 1.165) is 16.4 Å². The second-order valence-electron chi connectivity index (χ2n) is 7.16. The summed E-state index contributed by atoms with van der Waals surface area (Å²) in [7, 11) is -2.60. The molecule has 7 nitrogen and oxygen atoms in total. The van der Waals surface area contributed by atoms with Gasteiger partial charge in [-0.3, -0.25) is 9.79 Å². The molecule has 2 aliphatic rings. The number of carbonyl (C=O) groups is 1. The molecule has 2 aromatic rings. The Kier molecular flexibility index (Phi) is 5.07. The molecule has 2 aliphatic heterocycles. The molecule has 30 heavy (non-hydrogen) atoms. The van der Waals surface area contributed by atoms with E-state index in [2.05, 4.69) is 10.3 Å². The summed E-state index contributed by atoms with van der Waals surface area (Å²) in [5.74, 6) is -1.74. The highest BCUT2D eigenvalue weighted by Gasteiger charge is 2.44. The molecule has 0 aromatic heterocycles. The van der Waals surface area contributed by atoms with Crippen molar-refractivity contribution in [1.82, 2.24) is 9.62 Å². The second-order valence-corrected chi connectivity index (χ2v) is 9.06. The summed E-state index contributed by atoms with van der Waals surface area (Å²) < 4.78 is 59.0. The maximum atomic E-state index is 14.0. The summed E-state index contributed by atoms with van der Waals surface area (Å²) in [5, 5.41) is 2.86. The number of hydrogen-bond acceptors (Lipinski definition) is 5. The fourth-order valence-electron chi connectivity index (χ4n) is 3.69. The summed E-state index contributed by atoms with van der Waals surface area (Å²) >= 11 is 0. The summed E-state index contributed by atoms with van der Waals surface area (Å²) in [5.41, 5.74) is -0.0509. The van der Waals surface area contributed by atoms with Gasteiger partial charge in [0, 0.05) is 37.6 Å². The van der Waals surface area contributed by atoms with E-state index in [1.165, 1.54) is 7.11 Å². The van der Waals surface area contributed by atoms with Gasteiger partial charge in [0.25, 0.3) is 5.91 Å². The number of rotatable bonds is 4. The summed E-state index contributed by atoms with van der Waals surface area (Å²) in [6.07, 6.45) is 0.461. The molecule has 2 aromatic carbocycles. The fraction of sp³-hybridized carbons (Fsp3) is 0.300. The predicted molar refractivity (Wildman–Crippen MR) is 105 cm³/mol. The lowest BCUT2D eigenvalue weighted by Crippen LogP contribution is -2.52. The molecule has 0 atom stereocenters. The molecule has 1 N–H and O–H groups in total. The minimum atomic E-state index is -4.13. The highest BCUT2D eigenvalue weighted by molar-refractivity contribution is 7.89. The van der Waals surface area contributed by atoms with E-state index in [4.69, 9.17) is 4.74 Å². The molecule has 0 bridgehead atoms. The van der Waals surface area contributed by atoms with Crippen LogP contribution in [0.3, 0.4) is 0 Å². The van der Waals surface area contributed by atoms with Crippen LogP contribution in [0.5, 0.6) is 5.75 Å². The Morgan fingerprint density at radius 3 is 2.53 bits per heavy atom. The van der Waals surface area contributed by atoms with Crippen LogP contribution >= 0.6 is 0 Å².